The van der Waals surface area contributed by atoms with Gasteiger partial charge in [-0.3, -0.25) is 4.79 Å². The van der Waals surface area contributed by atoms with Crippen molar-refractivity contribution in [1.29, 1.82) is 0 Å². The summed E-state index contributed by atoms with van der Waals surface area (Å²) in [5, 5.41) is 3.21. The highest BCUT2D eigenvalue weighted by atomic mass is 16.6. The van der Waals surface area contributed by atoms with Crippen LogP contribution in [0, 0.1) is 0 Å². The van der Waals surface area contributed by atoms with Crippen LogP contribution in [0.4, 0.5) is 0 Å². The topological polar surface area (TPSA) is 56.8 Å². The summed E-state index contributed by atoms with van der Waals surface area (Å²) in [4.78, 5) is 11.6. The Kier molecular flexibility index (Phi) is 5.88. The molecule has 0 aromatic rings. The van der Waals surface area contributed by atoms with E-state index in [4.69, 9.17) is 14.2 Å². The number of nitrogens with one attached hydrogen (secondary N) is 1. The van der Waals surface area contributed by atoms with E-state index in [-0.39, 0.29) is 17.6 Å². The van der Waals surface area contributed by atoms with Gasteiger partial charge in [-0.05, 0) is 13.3 Å². The predicted octanol–water partition coefficient (Wildman–Crippen LogP) is 0.723. The van der Waals surface area contributed by atoms with E-state index in [9.17, 15) is 4.79 Å². The number of carbonyl (C=O) groups excluding carboxylic acids is 1. The zero-order chi connectivity index (χ0) is 12.7. The first-order valence-corrected chi connectivity index (χ1v) is 6.20. The molecule has 0 aliphatic carbocycles. The summed E-state index contributed by atoms with van der Waals surface area (Å²) >= 11 is 0. The first-order valence-electron chi connectivity index (χ1n) is 6.20. The van der Waals surface area contributed by atoms with Gasteiger partial charge < -0.3 is 19.5 Å². The maximum atomic E-state index is 11.6. The third-order valence-electron chi connectivity index (χ3n) is 3.15. The van der Waals surface area contributed by atoms with Gasteiger partial charge in [0, 0.05) is 26.7 Å². The van der Waals surface area contributed by atoms with Gasteiger partial charge in [0.25, 0.3) is 0 Å². The average molecular weight is 245 g/mol. The van der Waals surface area contributed by atoms with Gasteiger partial charge in [0.1, 0.15) is 11.6 Å². The molecule has 1 fully saturated rings. The fraction of sp³-hybridized carbons (Fsp3) is 0.917. The Bertz CT molecular complexity index is 239. The van der Waals surface area contributed by atoms with Gasteiger partial charge in [0.15, 0.2) is 0 Å². The fourth-order valence-corrected chi connectivity index (χ4v) is 1.91. The molecule has 1 aliphatic rings. The zero-order valence-corrected chi connectivity index (χ0v) is 11.0. The van der Waals surface area contributed by atoms with E-state index < -0.39 is 0 Å². The molecule has 1 saturated heterocycles. The Morgan fingerprint density at radius 3 is 2.76 bits per heavy atom. The van der Waals surface area contributed by atoms with Gasteiger partial charge in [-0.25, -0.2) is 0 Å². The van der Waals surface area contributed by atoms with Crippen LogP contribution < -0.4 is 5.32 Å². The van der Waals surface area contributed by atoms with E-state index in [1.165, 1.54) is 0 Å². The molecule has 0 aromatic carbocycles. The van der Waals surface area contributed by atoms with Crippen molar-refractivity contribution in [3.8, 4) is 0 Å². The van der Waals surface area contributed by atoms with E-state index in [1.807, 2.05) is 13.8 Å². The molecule has 0 aromatic heterocycles. The van der Waals surface area contributed by atoms with Crippen LogP contribution in [0.15, 0.2) is 0 Å². The SMILES string of the molecule is CCOC(=O)C(CC)NCC1(OC)CCOC1. The average Bonchev–Trinajstić information content (AvgIpc) is 2.80. The standard InChI is InChI=1S/C12H23NO4/c1-4-10(11(14)17-5-2)13-8-12(15-3)6-7-16-9-12/h10,13H,4-9H2,1-3H3. The minimum atomic E-state index is -0.292. The van der Waals surface area contributed by atoms with E-state index in [1.54, 1.807) is 7.11 Å². The van der Waals surface area contributed by atoms with Crippen LogP contribution in [0.5, 0.6) is 0 Å². The van der Waals surface area contributed by atoms with Crippen molar-refractivity contribution in [2.45, 2.75) is 38.3 Å². The number of carbonyl (C=O) groups is 1. The molecular weight excluding hydrogens is 222 g/mol. The largest absolute Gasteiger partial charge is 0.465 e. The molecule has 1 aliphatic heterocycles. The number of esters is 1. The summed E-state index contributed by atoms with van der Waals surface area (Å²) < 4.78 is 15.8. The first-order chi connectivity index (χ1) is 8.17. The Morgan fingerprint density at radius 1 is 1.53 bits per heavy atom. The lowest BCUT2D eigenvalue weighted by molar-refractivity contribution is -0.146. The number of hydrogen-bond donors (Lipinski definition) is 1. The maximum Gasteiger partial charge on any atom is 0.323 e. The monoisotopic (exact) mass is 245 g/mol. The van der Waals surface area contributed by atoms with Crippen molar-refractivity contribution in [2.75, 3.05) is 33.5 Å². The molecule has 2 atom stereocenters. The summed E-state index contributed by atoms with van der Waals surface area (Å²) in [5.41, 5.74) is -0.292. The van der Waals surface area contributed by atoms with Gasteiger partial charge in [-0.15, -0.1) is 0 Å². The van der Waals surface area contributed by atoms with Crippen LogP contribution in [0.3, 0.4) is 0 Å². The highest BCUT2D eigenvalue weighted by molar-refractivity contribution is 5.75. The molecular formula is C12H23NO4. The number of hydrogen-bond acceptors (Lipinski definition) is 5. The third-order valence-corrected chi connectivity index (χ3v) is 3.15. The molecule has 1 rings (SSSR count). The molecule has 1 N–H and O–H groups in total. The van der Waals surface area contributed by atoms with Crippen molar-refractivity contribution in [3.63, 3.8) is 0 Å². The zero-order valence-electron chi connectivity index (χ0n) is 11.0. The molecule has 0 saturated carbocycles. The number of ether oxygens (including phenoxy) is 3. The van der Waals surface area contributed by atoms with Gasteiger partial charge in [0.2, 0.25) is 0 Å². The van der Waals surface area contributed by atoms with Gasteiger partial charge >= 0.3 is 5.97 Å². The molecule has 100 valence electrons. The maximum absolute atomic E-state index is 11.6. The van der Waals surface area contributed by atoms with Crippen LogP contribution in [0.25, 0.3) is 0 Å². The van der Waals surface area contributed by atoms with Crippen molar-refractivity contribution >= 4 is 5.97 Å². The van der Waals surface area contributed by atoms with Crippen LogP contribution >= 0.6 is 0 Å². The lowest BCUT2D eigenvalue weighted by Gasteiger charge is -2.28. The highest BCUT2D eigenvalue weighted by Crippen LogP contribution is 2.21. The third kappa shape index (κ3) is 3.94. The predicted molar refractivity (Wildman–Crippen MR) is 63.9 cm³/mol. The van der Waals surface area contributed by atoms with E-state index in [2.05, 4.69) is 5.32 Å². The van der Waals surface area contributed by atoms with Crippen molar-refractivity contribution in [3.05, 3.63) is 0 Å². The van der Waals surface area contributed by atoms with Crippen LogP contribution in [-0.4, -0.2) is 51.1 Å². The van der Waals surface area contributed by atoms with E-state index in [0.29, 0.717) is 32.8 Å². The quantitative estimate of drug-likeness (QED) is 0.670. The molecule has 5 heteroatoms. The highest BCUT2D eigenvalue weighted by Gasteiger charge is 2.35. The lowest BCUT2D eigenvalue weighted by Crippen LogP contribution is -2.49. The van der Waals surface area contributed by atoms with Crippen molar-refractivity contribution in [2.24, 2.45) is 0 Å². The molecule has 5 nitrogen and oxygen atoms in total. The molecule has 0 radical (unpaired) electrons. The van der Waals surface area contributed by atoms with Gasteiger partial charge in [0.05, 0.1) is 13.2 Å². The van der Waals surface area contributed by atoms with Crippen LogP contribution in [0.1, 0.15) is 26.7 Å². The summed E-state index contributed by atoms with van der Waals surface area (Å²) in [5.74, 6) is -0.194. The molecule has 2 unspecified atom stereocenters. The Balaban J connectivity index is 2.43. The summed E-state index contributed by atoms with van der Waals surface area (Å²) in [6.07, 6.45) is 1.56. The lowest BCUT2D eigenvalue weighted by atomic mass is 10.0. The number of methoxy groups -OCH3 is 1. The summed E-state index contributed by atoms with van der Waals surface area (Å²) in [7, 11) is 1.68. The minimum Gasteiger partial charge on any atom is -0.465 e. The molecule has 0 spiro atoms. The fourth-order valence-electron chi connectivity index (χ4n) is 1.91. The second kappa shape index (κ2) is 6.93. The summed E-state index contributed by atoms with van der Waals surface area (Å²) in [6, 6.07) is -0.262. The molecule has 17 heavy (non-hydrogen) atoms. The molecule has 0 amide bonds. The Morgan fingerprint density at radius 2 is 2.29 bits per heavy atom. The number of rotatable bonds is 7. The van der Waals surface area contributed by atoms with Gasteiger partial charge in [-0.1, -0.05) is 6.92 Å². The summed E-state index contributed by atoms with van der Waals surface area (Å²) in [6.45, 7) is 6.09. The molecule has 0 bridgehead atoms. The van der Waals surface area contributed by atoms with Crippen LogP contribution in [0.2, 0.25) is 0 Å². The van der Waals surface area contributed by atoms with E-state index in [0.717, 1.165) is 6.42 Å². The Hall–Kier alpha value is -0.650. The second-order valence-corrected chi connectivity index (χ2v) is 4.28. The second-order valence-electron chi connectivity index (χ2n) is 4.28. The normalized spacial score (nSPS) is 25.8. The molecule has 1 heterocycles. The smallest absolute Gasteiger partial charge is 0.323 e. The van der Waals surface area contributed by atoms with Gasteiger partial charge in [-0.2, -0.15) is 0 Å². The van der Waals surface area contributed by atoms with Crippen LogP contribution in [-0.2, 0) is 19.0 Å². The van der Waals surface area contributed by atoms with Crippen molar-refractivity contribution in [1.82, 2.24) is 5.32 Å². The van der Waals surface area contributed by atoms with E-state index >= 15 is 0 Å². The minimum absolute atomic E-state index is 0.194. The first kappa shape index (κ1) is 14.4. The Labute approximate surface area is 103 Å². The van der Waals surface area contributed by atoms with Crippen molar-refractivity contribution < 1.29 is 19.0 Å².